The fourth-order valence-electron chi connectivity index (χ4n) is 2.85. The van der Waals surface area contributed by atoms with Crippen molar-refractivity contribution >= 4 is 12.9 Å². The molecule has 122 valence electrons. The SMILES string of the molecule is COB(Cc1ccccc1)C(C)[C@H](CCC(C)C)C(=O)OC. The summed E-state index contributed by atoms with van der Waals surface area (Å²) >= 11 is 0. The molecule has 0 aliphatic carbocycles. The van der Waals surface area contributed by atoms with Gasteiger partial charge < -0.3 is 9.39 Å². The largest absolute Gasteiger partial charge is 0.469 e. The minimum absolute atomic E-state index is 0.0127. The van der Waals surface area contributed by atoms with Crippen molar-refractivity contribution in [1.29, 1.82) is 0 Å². The standard InChI is InChI=1S/C18H29BO3/c1-14(2)11-12-17(18(20)21-4)15(3)19(22-5)13-16-9-7-6-8-10-16/h6-10,14-15,17H,11-13H2,1-5H3/t15?,17-/m0/s1. The van der Waals surface area contributed by atoms with Gasteiger partial charge in [0.25, 0.3) is 0 Å². The Hall–Kier alpha value is -1.29. The summed E-state index contributed by atoms with van der Waals surface area (Å²) < 4.78 is 10.7. The predicted molar refractivity (Wildman–Crippen MR) is 91.9 cm³/mol. The lowest BCUT2D eigenvalue weighted by Crippen LogP contribution is -2.34. The first-order valence-corrected chi connectivity index (χ1v) is 8.14. The number of carbonyl (C=O) groups is 1. The summed E-state index contributed by atoms with van der Waals surface area (Å²) in [4.78, 5) is 12.2. The molecule has 1 aromatic rings. The first-order chi connectivity index (χ1) is 10.5. The van der Waals surface area contributed by atoms with Crippen LogP contribution in [0.25, 0.3) is 0 Å². The van der Waals surface area contributed by atoms with Gasteiger partial charge in [0.05, 0.1) is 13.0 Å². The maximum Gasteiger partial charge on any atom is 0.308 e. The number of hydrogen-bond acceptors (Lipinski definition) is 3. The van der Waals surface area contributed by atoms with E-state index in [9.17, 15) is 4.79 Å². The van der Waals surface area contributed by atoms with Crippen LogP contribution < -0.4 is 0 Å². The van der Waals surface area contributed by atoms with Crippen LogP contribution in [0.5, 0.6) is 0 Å². The van der Waals surface area contributed by atoms with Gasteiger partial charge in [-0.3, -0.25) is 4.79 Å². The average Bonchev–Trinajstić information content (AvgIpc) is 2.52. The van der Waals surface area contributed by atoms with E-state index in [1.165, 1.54) is 12.7 Å². The number of methoxy groups -OCH3 is 1. The van der Waals surface area contributed by atoms with Crippen molar-refractivity contribution in [2.45, 2.75) is 45.8 Å². The van der Waals surface area contributed by atoms with E-state index in [2.05, 4.69) is 32.9 Å². The Balaban J connectivity index is 2.79. The van der Waals surface area contributed by atoms with Crippen LogP contribution in [0.2, 0.25) is 5.82 Å². The lowest BCUT2D eigenvalue weighted by molar-refractivity contribution is -0.146. The maximum atomic E-state index is 12.2. The molecule has 0 fully saturated rings. The van der Waals surface area contributed by atoms with Gasteiger partial charge in [0, 0.05) is 7.11 Å². The van der Waals surface area contributed by atoms with Gasteiger partial charge >= 0.3 is 12.9 Å². The summed E-state index contributed by atoms with van der Waals surface area (Å²) in [5, 5.41) is 0. The Kier molecular flexibility index (Phi) is 8.25. The number of benzene rings is 1. The van der Waals surface area contributed by atoms with Crippen molar-refractivity contribution < 1.29 is 14.2 Å². The van der Waals surface area contributed by atoms with Gasteiger partial charge in [-0.25, -0.2) is 0 Å². The number of ether oxygens (including phenoxy) is 1. The van der Waals surface area contributed by atoms with Crippen molar-refractivity contribution in [3.63, 3.8) is 0 Å². The second-order valence-electron chi connectivity index (χ2n) is 6.42. The lowest BCUT2D eigenvalue weighted by atomic mass is 9.49. The zero-order valence-electron chi connectivity index (χ0n) is 14.5. The molecule has 1 unspecified atom stereocenters. The minimum atomic E-state index is -0.122. The highest BCUT2D eigenvalue weighted by atomic mass is 16.5. The topological polar surface area (TPSA) is 35.5 Å². The summed E-state index contributed by atoms with van der Waals surface area (Å²) in [5.74, 6) is 0.468. The normalized spacial score (nSPS) is 13.7. The van der Waals surface area contributed by atoms with Gasteiger partial charge in [0.1, 0.15) is 0 Å². The first kappa shape index (κ1) is 18.8. The molecule has 1 rings (SSSR count). The van der Waals surface area contributed by atoms with E-state index in [1.54, 1.807) is 7.11 Å². The van der Waals surface area contributed by atoms with Crippen LogP contribution in [0, 0.1) is 11.8 Å². The van der Waals surface area contributed by atoms with Gasteiger partial charge in [-0.05, 0) is 24.5 Å². The van der Waals surface area contributed by atoms with Gasteiger partial charge in [0.2, 0.25) is 0 Å². The molecule has 0 aliphatic heterocycles. The molecule has 0 N–H and O–H groups in total. The summed E-state index contributed by atoms with van der Waals surface area (Å²) in [7, 11) is 3.19. The molecule has 4 heteroatoms. The van der Waals surface area contributed by atoms with E-state index >= 15 is 0 Å². The number of esters is 1. The molecule has 22 heavy (non-hydrogen) atoms. The van der Waals surface area contributed by atoms with Crippen LogP contribution in [-0.4, -0.2) is 27.1 Å². The van der Waals surface area contributed by atoms with E-state index < -0.39 is 0 Å². The Morgan fingerprint density at radius 2 is 1.73 bits per heavy atom. The Morgan fingerprint density at radius 1 is 1.09 bits per heavy atom. The van der Waals surface area contributed by atoms with Gasteiger partial charge in [-0.15, -0.1) is 0 Å². The molecule has 1 aromatic carbocycles. The molecule has 3 nitrogen and oxygen atoms in total. The van der Waals surface area contributed by atoms with Crippen LogP contribution in [0.1, 0.15) is 39.2 Å². The molecule has 2 atom stereocenters. The molecule has 0 amide bonds. The van der Waals surface area contributed by atoms with E-state index in [1.807, 2.05) is 18.2 Å². The van der Waals surface area contributed by atoms with Crippen molar-refractivity contribution in [2.24, 2.45) is 11.8 Å². The number of carbonyl (C=O) groups excluding carboxylic acids is 1. The first-order valence-electron chi connectivity index (χ1n) is 8.14. The third-order valence-electron chi connectivity index (χ3n) is 4.36. The molecule has 0 radical (unpaired) electrons. The third-order valence-corrected chi connectivity index (χ3v) is 4.36. The summed E-state index contributed by atoms with van der Waals surface area (Å²) in [6.07, 6.45) is 2.68. The van der Waals surface area contributed by atoms with Crippen molar-refractivity contribution in [1.82, 2.24) is 0 Å². The average molecular weight is 304 g/mol. The Morgan fingerprint density at radius 3 is 2.23 bits per heavy atom. The number of rotatable bonds is 9. The van der Waals surface area contributed by atoms with Crippen LogP contribution in [0.3, 0.4) is 0 Å². The zero-order valence-corrected chi connectivity index (χ0v) is 14.5. The maximum absolute atomic E-state index is 12.2. The van der Waals surface area contributed by atoms with E-state index in [0.717, 1.165) is 19.2 Å². The van der Waals surface area contributed by atoms with Gasteiger partial charge in [0.15, 0.2) is 0 Å². The Labute approximate surface area is 135 Å². The summed E-state index contributed by atoms with van der Waals surface area (Å²) in [5.41, 5.74) is 1.23. The Bertz CT molecular complexity index is 433. The fourth-order valence-corrected chi connectivity index (χ4v) is 2.85. The molecule has 0 saturated heterocycles. The second kappa shape index (κ2) is 9.68. The van der Waals surface area contributed by atoms with E-state index in [-0.39, 0.29) is 24.6 Å². The van der Waals surface area contributed by atoms with Crippen LogP contribution >= 0.6 is 0 Å². The van der Waals surface area contributed by atoms with Crippen LogP contribution in [0.4, 0.5) is 0 Å². The monoisotopic (exact) mass is 304 g/mol. The molecule has 0 aliphatic rings. The van der Waals surface area contributed by atoms with Crippen molar-refractivity contribution in [2.75, 3.05) is 14.2 Å². The van der Waals surface area contributed by atoms with Gasteiger partial charge in [-0.1, -0.05) is 63.1 Å². The van der Waals surface area contributed by atoms with Crippen molar-refractivity contribution in [3.05, 3.63) is 35.9 Å². The molecule has 0 spiro atoms. The molecule has 0 heterocycles. The molecule has 0 bridgehead atoms. The molecular weight excluding hydrogens is 275 g/mol. The molecule has 0 saturated carbocycles. The van der Waals surface area contributed by atoms with E-state index in [4.69, 9.17) is 9.39 Å². The lowest BCUT2D eigenvalue weighted by Gasteiger charge is -2.26. The summed E-state index contributed by atoms with van der Waals surface area (Å²) in [6.45, 7) is 6.46. The quantitative estimate of drug-likeness (QED) is 0.510. The van der Waals surface area contributed by atoms with Crippen molar-refractivity contribution in [3.8, 4) is 0 Å². The number of hydrogen-bond donors (Lipinski definition) is 0. The zero-order chi connectivity index (χ0) is 16.5. The highest BCUT2D eigenvalue weighted by Crippen LogP contribution is 2.30. The fraction of sp³-hybridized carbons (Fsp3) is 0.611. The third kappa shape index (κ3) is 5.84. The highest BCUT2D eigenvalue weighted by molar-refractivity contribution is 6.53. The predicted octanol–water partition coefficient (Wildman–Crippen LogP) is 4.02. The smallest absolute Gasteiger partial charge is 0.308 e. The van der Waals surface area contributed by atoms with Crippen LogP contribution in [0.15, 0.2) is 30.3 Å². The highest BCUT2D eigenvalue weighted by Gasteiger charge is 2.34. The van der Waals surface area contributed by atoms with Gasteiger partial charge in [-0.2, -0.15) is 0 Å². The van der Waals surface area contributed by atoms with Crippen LogP contribution in [-0.2, 0) is 20.5 Å². The minimum Gasteiger partial charge on any atom is -0.469 e. The molecule has 0 aromatic heterocycles. The summed E-state index contributed by atoms with van der Waals surface area (Å²) in [6, 6.07) is 10.3. The molecular formula is C18H29BO3. The van der Waals surface area contributed by atoms with E-state index in [0.29, 0.717) is 5.92 Å². The second-order valence-corrected chi connectivity index (χ2v) is 6.42.